The Morgan fingerprint density at radius 1 is 1.32 bits per heavy atom. The minimum Gasteiger partial charge on any atom is -0.356 e. The average molecular weight is 316 g/mol. The van der Waals surface area contributed by atoms with Gasteiger partial charge in [0.15, 0.2) is 0 Å². The van der Waals surface area contributed by atoms with E-state index in [2.05, 4.69) is 10.3 Å². The number of aromatic nitrogens is 1. The Labute approximate surface area is 132 Å². The Bertz CT molecular complexity index is 792. The number of nitrogens with one attached hydrogen (secondary N) is 2. The second-order valence-electron chi connectivity index (χ2n) is 5.25. The molecule has 0 fully saturated rings. The van der Waals surface area contributed by atoms with E-state index in [1.54, 1.807) is 17.4 Å². The smallest absolute Gasteiger partial charge is 0.225 e. The van der Waals surface area contributed by atoms with E-state index in [1.165, 1.54) is 6.07 Å². The second kappa shape index (κ2) is 6.32. The lowest BCUT2D eigenvalue weighted by Crippen LogP contribution is -2.27. The van der Waals surface area contributed by atoms with Crippen molar-refractivity contribution >= 4 is 28.1 Å². The summed E-state index contributed by atoms with van der Waals surface area (Å²) in [5, 5.41) is 5.78. The summed E-state index contributed by atoms with van der Waals surface area (Å²) in [6.45, 7) is 2.48. The van der Waals surface area contributed by atoms with Gasteiger partial charge >= 0.3 is 0 Å². The van der Waals surface area contributed by atoms with Gasteiger partial charge in [0.2, 0.25) is 5.91 Å². The van der Waals surface area contributed by atoms with Crippen LogP contribution in [0.4, 0.5) is 4.39 Å². The number of hydrogen-bond acceptors (Lipinski definition) is 2. The highest BCUT2D eigenvalue weighted by molar-refractivity contribution is 7.10. The van der Waals surface area contributed by atoms with Gasteiger partial charge in [-0.1, -0.05) is 18.2 Å². The number of rotatable bonds is 5. The van der Waals surface area contributed by atoms with Crippen LogP contribution in [0.5, 0.6) is 0 Å². The van der Waals surface area contributed by atoms with E-state index in [4.69, 9.17) is 0 Å². The maximum atomic E-state index is 13.7. The molecule has 3 nitrogen and oxygen atoms in total. The molecule has 114 valence electrons. The molecule has 2 N–H and O–H groups in total. The number of aryl methyl sites for hydroxylation is 1. The van der Waals surface area contributed by atoms with Crippen LogP contribution < -0.4 is 5.32 Å². The number of para-hydroxylation sites is 1. The Morgan fingerprint density at radius 2 is 2.18 bits per heavy atom. The molecule has 0 saturated heterocycles. The molecule has 3 rings (SSSR count). The monoisotopic (exact) mass is 316 g/mol. The molecule has 0 aliphatic rings. The van der Waals surface area contributed by atoms with Gasteiger partial charge in [0.05, 0.1) is 11.9 Å². The van der Waals surface area contributed by atoms with Gasteiger partial charge in [0, 0.05) is 22.5 Å². The second-order valence-corrected chi connectivity index (χ2v) is 6.28. The van der Waals surface area contributed by atoms with Crippen LogP contribution in [-0.2, 0) is 17.6 Å². The van der Waals surface area contributed by atoms with Crippen molar-refractivity contribution in [3.8, 4) is 0 Å². The minimum absolute atomic E-state index is 0.0196. The lowest BCUT2D eigenvalue weighted by molar-refractivity contribution is -0.120. The molecular formula is C17H17FN2OS. The van der Waals surface area contributed by atoms with Crippen molar-refractivity contribution in [3.05, 3.63) is 57.7 Å². The van der Waals surface area contributed by atoms with Gasteiger partial charge in [-0.25, -0.2) is 4.39 Å². The van der Waals surface area contributed by atoms with Crippen LogP contribution in [0, 0.1) is 12.7 Å². The van der Waals surface area contributed by atoms with Crippen LogP contribution in [-0.4, -0.2) is 17.4 Å². The Hall–Kier alpha value is -2.14. The van der Waals surface area contributed by atoms with Crippen LogP contribution in [0.3, 0.4) is 0 Å². The number of benzene rings is 1. The quantitative estimate of drug-likeness (QED) is 0.742. The van der Waals surface area contributed by atoms with Crippen molar-refractivity contribution in [1.29, 1.82) is 0 Å². The van der Waals surface area contributed by atoms with Crippen LogP contribution in [0.2, 0.25) is 0 Å². The first-order valence-corrected chi connectivity index (χ1v) is 8.08. The van der Waals surface area contributed by atoms with Gasteiger partial charge in [0.25, 0.3) is 0 Å². The summed E-state index contributed by atoms with van der Waals surface area (Å²) < 4.78 is 13.7. The molecular weight excluding hydrogens is 299 g/mol. The molecule has 1 aromatic carbocycles. The molecule has 22 heavy (non-hydrogen) atoms. The van der Waals surface area contributed by atoms with E-state index in [1.807, 2.05) is 30.5 Å². The summed E-state index contributed by atoms with van der Waals surface area (Å²) in [5.41, 5.74) is 2.55. The number of thiophene rings is 1. The molecule has 2 heterocycles. The van der Waals surface area contributed by atoms with Gasteiger partial charge in [0.1, 0.15) is 5.82 Å². The summed E-state index contributed by atoms with van der Waals surface area (Å²) in [4.78, 5) is 16.0. The standard InChI is InChI=1S/C17H17FN2OS/c1-11-13(14-5-2-6-15(18)17(14)20-11)7-8-19-16(21)10-12-4-3-9-22-12/h2-6,9,20H,7-8,10H2,1H3,(H,19,21). The minimum atomic E-state index is -0.242. The molecule has 0 radical (unpaired) electrons. The highest BCUT2D eigenvalue weighted by atomic mass is 32.1. The van der Waals surface area contributed by atoms with Gasteiger partial charge in [-0.05, 0) is 36.4 Å². The summed E-state index contributed by atoms with van der Waals surface area (Å²) in [5.74, 6) is -0.222. The summed E-state index contributed by atoms with van der Waals surface area (Å²) >= 11 is 1.58. The van der Waals surface area contributed by atoms with Crippen molar-refractivity contribution < 1.29 is 9.18 Å². The van der Waals surface area contributed by atoms with Gasteiger partial charge in [-0.15, -0.1) is 11.3 Å². The SMILES string of the molecule is Cc1[nH]c2c(F)cccc2c1CCNC(=O)Cc1cccs1. The summed E-state index contributed by atoms with van der Waals surface area (Å²) in [6.07, 6.45) is 1.10. The lowest BCUT2D eigenvalue weighted by Gasteiger charge is -2.05. The third kappa shape index (κ3) is 3.04. The van der Waals surface area contributed by atoms with Gasteiger partial charge < -0.3 is 10.3 Å². The third-order valence-electron chi connectivity index (χ3n) is 3.72. The number of halogens is 1. The zero-order chi connectivity index (χ0) is 15.5. The van der Waals surface area contributed by atoms with E-state index in [0.29, 0.717) is 24.9 Å². The predicted octanol–water partition coefficient (Wildman–Crippen LogP) is 3.58. The molecule has 0 bridgehead atoms. The largest absolute Gasteiger partial charge is 0.356 e. The highest BCUT2D eigenvalue weighted by Gasteiger charge is 2.11. The molecule has 0 aliphatic carbocycles. The molecule has 0 unspecified atom stereocenters. The van der Waals surface area contributed by atoms with Gasteiger partial charge in [-0.2, -0.15) is 0 Å². The molecule has 5 heteroatoms. The predicted molar refractivity (Wildman–Crippen MR) is 87.7 cm³/mol. The molecule has 0 aliphatic heterocycles. The molecule has 0 saturated carbocycles. The normalized spacial score (nSPS) is 11.0. The Morgan fingerprint density at radius 3 is 2.95 bits per heavy atom. The Kier molecular flexibility index (Phi) is 4.24. The zero-order valence-electron chi connectivity index (χ0n) is 12.3. The number of fused-ring (bicyclic) bond motifs is 1. The molecule has 2 aromatic heterocycles. The van der Waals surface area contributed by atoms with Crippen molar-refractivity contribution in [2.45, 2.75) is 19.8 Å². The van der Waals surface area contributed by atoms with E-state index in [9.17, 15) is 9.18 Å². The number of aromatic amines is 1. The van der Waals surface area contributed by atoms with Gasteiger partial charge in [-0.3, -0.25) is 4.79 Å². The molecule has 1 amide bonds. The van der Waals surface area contributed by atoms with Crippen molar-refractivity contribution in [2.24, 2.45) is 0 Å². The zero-order valence-corrected chi connectivity index (χ0v) is 13.1. The number of amides is 1. The van der Waals surface area contributed by atoms with Crippen LogP contribution in [0.15, 0.2) is 35.7 Å². The maximum Gasteiger partial charge on any atom is 0.225 e. The fraction of sp³-hybridized carbons (Fsp3) is 0.235. The van der Waals surface area contributed by atoms with E-state index in [0.717, 1.165) is 21.5 Å². The van der Waals surface area contributed by atoms with E-state index < -0.39 is 0 Å². The summed E-state index contributed by atoms with van der Waals surface area (Å²) in [6, 6.07) is 8.97. The van der Waals surface area contributed by atoms with Crippen LogP contribution in [0.25, 0.3) is 10.9 Å². The topological polar surface area (TPSA) is 44.9 Å². The number of carbonyl (C=O) groups is 1. The first-order valence-electron chi connectivity index (χ1n) is 7.20. The molecule has 3 aromatic rings. The van der Waals surface area contributed by atoms with Crippen molar-refractivity contribution in [1.82, 2.24) is 10.3 Å². The van der Waals surface area contributed by atoms with E-state index in [-0.39, 0.29) is 11.7 Å². The van der Waals surface area contributed by atoms with Crippen molar-refractivity contribution in [2.75, 3.05) is 6.54 Å². The Balaban J connectivity index is 1.63. The molecule has 0 spiro atoms. The summed E-state index contributed by atoms with van der Waals surface area (Å²) in [7, 11) is 0. The fourth-order valence-corrected chi connectivity index (χ4v) is 3.35. The average Bonchev–Trinajstić information content (AvgIpc) is 3.09. The third-order valence-corrected chi connectivity index (χ3v) is 4.59. The first-order chi connectivity index (χ1) is 10.6. The number of hydrogen-bond donors (Lipinski definition) is 2. The first kappa shape index (κ1) is 14.8. The number of H-pyrrole nitrogens is 1. The fourth-order valence-electron chi connectivity index (χ4n) is 2.65. The highest BCUT2D eigenvalue weighted by Crippen LogP contribution is 2.24. The number of carbonyl (C=O) groups excluding carboxylic acids is 1. The van der Waals surface area contributed by atoms with E-state index >= 15 is 0 Å². The van der Waals surface area contributed by atoms with Crippen molar-refractivity contribution in [3.63, 3.8) is 0 Å². The lowest BCUT2D eigenvalue weighted by atomic mass is 10.1. The maximum absolute atomic E-state index is 13.7. The molecule has 0 atom stereocenters. The van der Waals surface area contributed by atoms with Crippen LogP contribution in [0.1, 0.15) is 16.1 Å². The van der Waals surface area contributed by atoms with Crippen LogP contribution >= 0.6 is 11.3 Å².